The summed E-state index contributed by atoms with van der Waals surface area (Å²) in [5.41, 5.74) is 0. The first-order chi connectivity index (χ1) is 5.11. The van der Waals surface area contributed by atoms with Gasteiger partial charge in [-0.15, -0.1) is 5.92 Å². The Morgan fingerprint density at radius 2 is 2.00 bits per heavy atom. The van der Waals surface area contributed by atoms with E-state index < -0.39 is 0 Å². The van der Waals surface area contributed by atoms with E-state index in [1.54, 1.807) is 13.8 Å². The molecule has 2 atom stereocenters. The van der Waals surface area contributed by atoms with E-state index in [0.29, 0.717) is 6.42 Å². The van der Waals surface area contributed by atoms with Crippen LogP contribution in [-0.4, -0.2) is 12.1 Å². The molecule has 0 aromatic heterocycles. The third-order valence-corrected chi connectivity index (χ3v) is 1.91. The fraction of sp³-hybridized carbons (Fsp3) is 0.778. The molecule has 0 aromatic rings. The minimum absolute atomic E-state index is 0. The van der Waals surface area contributed by atoms with Crippen molar-refractivity contribution in [3.05, 3.63) is 0 Å². The van der Waals surface area contributed by atoms with Crippen LogP contribution >= 0.6 is 0 Å². The van der Waals surface area contributed by atoms with E-state index in [4.69, 9.17) is 0 Å². The zero-order chi connectivity index (χ0) is 8.85. The Morgan fingerprint density at radius 3 is 2.25 bits per heavy atom. The van der Waals surface area contributed by atoms with E-state index in [-0.39, 0.29) is 50.3 Å². The third kappa shape index (κ3) is 6.02. The van der Waals surface area contributed by atoms with Gasteiger partial charge in [0.25, 0.3) is 0 Å². The maximum absolute atomic E-state index is 10.9. The summed E-state index contributed by atoms with van der Waals surface area (Å²) in [5, 5.41) is 0. The first kappa shape index (κ1) is 14.9. The van der Waals surface area contributed by atoms with Crippen molar-refractivity contribution in [1.29, 1.82) is 0 Å². The Labute approximate surface area is 99.4 Å². The molecule has 67 valence electrons. The zero-order valence-electron chi connectivity index (χ0n) is 7.96. The van der Waals surface area contributed by atoms with E-state index in [1.165, 1.54) is 0 Å². The van der Waals surface area contributed by atoms with Gasteiger partial charge in [-0.3, -0.25) is 11.1 Å². The smallest absolute Gasteiger partial charge is 0.132 e. The second-order valence-corrected chi connectivity index (χ2v) is 2.97. The van der Waals surface area contributed by atoms with Crippen LogP contribution in [0, 0.1) is 11.8 Å². The van der Waals surface area contributed by atoms with Crippen molar-refractivity contribution in [2.75, 3.05) is 0 Å². The summed E-state index contributed by atoms with van der Waals surface area (Å²) in [6.07, 6.45) is 3.35. The fourth-order valence-electron chi connectivity index (χ4n) is 1.09. The summed E-state index contributed by atoms with van der Waals surface area (Å²) in [6, 6.07) is 0. The van der Waals surface area contributed by atoms with Crippen molar-refractivity contribution in [2.24, 2.45) is 11.8 Å². The molecular formula is C9H15O2Y-. The standard InChI is InChI=1S/C9H15O2.Y/c1-4-9(8(3)11)5-7(2)6-10;/h7,9H,4-5H2,1-3H3;/q-1;. The normalized spacial score (nSPS) is 14.2. The SMILES string of the molecule is CCC(CC(C)[C-]=O)C(C)=O.[Y]. The Morgan fingerprint density at radius 1 is 1.50 bits per heavy atom. The molecule has 0 aliphatic carbocycles. The van der Waals surface area contributed by atoms with Gasteiger partial charge in [0.15, 0.2) is 0 Å². The van der Waals surface area contributed by atoms with Crippen LogP contribution in [0.15, 0.2) is 0 Å². The summed E-state index contributed by atoms with van der Waals surface area (Å²) in [6.45, 7) is 5.33. The van der Waals surface area contributed by atoms with Gasteiger partial charge in [-0.1, -0.05) is 20.3 Å². The van der Waals surface area contributed by atoms with Crippen molar-refractivity contribution in [2.45, 2.75) is 33.6 Å². The molecule has 0 fully saturated rings. The Kier molecular flexibility index (Phi) is 10.0. The molecule has 1 radical (unpaired) electrons. The van der Waals surface area contributed by atoms with Gasteiger partial charge in [-0.2, -0.15) is 0 Å². The van der Waals surface area contributed by atoms with E-state index in [0.717, 1.165) is 6.42 Å². The number of carbonyl (C=O) groups excluding carboxylic acids is 2. The number of carbonyl (C=O) groups is 1. The summed E-state index contributed by atoms with van der Waals surface area (Å²) >= 11 is 0. The molecule has 0 heterocycles. The molecule has 0 saturated heterocycles. The number of rotatable bonds is 5. The summed E-state index contributed by atoms with van der Waals surface area (Å²) in [4.78, 5) is 21.0. The van der Waals surface area contributed by atoms with E-state index in [9.17, 15) is 9.59 Å². The maximum atomic E-state index is 10.9. The number of Topliss-reactive ketones (excluding diaryl/α,β-unsaturated/α-hetero) is 1. The molecule has 0 bridgehead atoms. The average molecular weight is 244 g/mol. The van der Waals surface area contributed by atoms with Crippen molar-refractivity contribution in [3.63, 3.8) is 0 Å². The molecule has 0 aliphatic heterocycles. The van der Waals surface area contributed by atoms with Gasteiger partial charge in [0.05, 0.1) is 0 Å². The summed E-state index contributed by atoms with van der Waals surface area (Å²) in [7, 11) is 0. The minimum atomic E-state index is -0.108. The van der Waals surface area contributed by atoms with Crippen LogP contribution < -0.4 is 0 Å². The van der Waals surface area contributed by atoms with Crippen LogP contribution in [0.3, 0.4) is 0 Å². The second-order valence-electron chi connectivity index (χ2n) is 2.97. The van der Waals surface area contributed by atoms with Gasteiger partial charge >= 0.3 is 0 Å². The number of hydrogen-bond donors (Lipinski definition) is 0. The van der Waals surface area contributed by atoms with Crippen LogP contribution in [0.5, 0.6) is 0 Å². The first-order valence-electron chi connectivity index (χ1n) is 3.99. The Balaban J connectivity index is 0. The molecule has 2 unspecified atom stereocenters. The quantitative estimate of drug-likeness (QED) is 0.690. The van der Waals surface area contributed by atoms with Crippen LogP contribution in [0.2, 0.25) is 0 Å². The molecular weight excluding hydrogens is 229 g/mol. The molecule has 2 nitrogen and oxygen atoms in total. The van der Waals surface area contributed by atoms with Crippen molar-refractivity contribution >= 4 is 12.1 Å². The fourth-order valence-corrected chi connectivity index (χ4v) is 1.09. The van der Waals surface area contributed by atoms with Gasteiger partial charge in [0.1, 0.15) is 5.78 Å². The van der Waals surface area contributed by atoms with E-state index >= 15 is 0 Å². The summed E-state index contributed by atoms with van der Waals surface area (Å²) < 4.78 is 0. The molecule has 0 N–H and O–H groups in total. The molecule has 0 rings (SSSR count). The topological polar surface area (TPSA) is 34.1 Å². The molecule has 0 aliphatic rings. The predicted molar refractivity (Wildman–Crippen MR) is 43.9 cm³/mol. The number of ketones is 1. The monoisotopic (exact) mass is 244 g/mol. The minimum Gasteiger partial charge on any atom is -0.542 e. The van der Waals surface area contributed by atoms with E-state index in [2.05, 4.69) is 0 Å². The van der Waals surface area contributed by atoms with Gasteiger partial charge in [0, 0.05) is 38.6 Å². The third-order valence-electron chi connectivity index (χ3n) is 1.91. The van der Waals surface area contributed by atoms with Crippen molar-refractivity contribution in [3.8, 4) is 0 Å². The van der Waals surface area contributed by atoms with Gasteiger partial charge in [-0.25, -0.2) is 0 Å². The van der Waals surface area contributed by atoms with E-state index in [1.807, 2.05) is 13.2 Å². The van der Waals surface area contributed by atoms with Crippen LogP contribution in [0.1, 0.15) is 33.6 Å². The Bertz CT molecular complexity index is 145. The van der Waals surface area contributed by atoms with Gasteiger partial charge < -0.3 is 4.79 Å². The maximum Gasteiger partial charge on any atom is 0.132 e. The Hall–Kier alpha value is 0.444. The molecule has 0 saturated carbocycles. The van der Waals surface area contributed by atoms with Gasteiger partial charge in [0.2, 0.25) is 0 Å². The van der Waals surface area contributed by atoms with Crippen LogP contribution in [0.4, 0.5) is 0 Å². The zero-order valence-corrected chi connectivity index (χ0v) is 10.8. The van der Waals surface area contributed by atoms with Crippen LogP contribution in [-0.2, 0) is 42.3 Å². The predicted octanol–water partition coefficient (Wildman–Crippen LogP) is 1.74. The first-order valence-corrected chi connectivity index (χ1v) is 3.99. The largest absolute Gasteiger partial charge is 0.542 e. The molecule has 0 spiro atoms. The second kappa shape index (κ2) is 8.06. The molecule has 12 heavy (non-hydrogen) atoms. The summed E-state index contributed by atoms with van der Waals surface area (Å²) in [5.74, 6) is 0.116. The van der Waals surface area contributed by atoms with Crippen molar-refractivity contribution in [1.82, 2.24) is 0 Å². The van der Waals surface area contributed by atoms with Crippen molar-refractivity contribution < 1.29 is 42.3 Å². The molecule has 0 aromatic carbocycles. The average Bonchev–Trinajstić information content (AvgIpc) is 1.99. The van der Waals surface area contributed by atoms with Gasteiger partial charge in [-0.05, 0) is 13.3 Å². The molecule has 3 heteroatoms. The number of hydrogen-bond acceptors (Lipinski definition) is 2. The van der Waals surface area contributed by atoms with Crippen LogP contribution in [0.25, 0.3) is 0 Å². The molecule has 0 amide bonds.